The minimum absolute atomic E-state index is 0.00974. The molecule has 0 saturated carbocycles. The lowest BCUT2D eigenvalue weighted by molar-refractivity contribution is -0.138. The largest absolute Gasteiger partial charge is 0.504 e. The van der Waals surface area contributed by atoms with Crippen LogP contribution in [-0.4, -0.2) is 30.8 Å². The molecule has 1 atom stereocenters. The first-order valence-electron chi connectivity index (χ1n) is 6.83. The van der Waals surface area contributed by atoms with E-state index >= 15 is 0 Å². The fourth-order valence-corrected chi connectivity index (χ4v) is 2.28. The third kappa shape index (κ3) is 2.98. The molecule has 1 unspecified atom stereocenters. The van der Waals surface area contributed by atoms with E-state index in [1.165, 1.54) is 13.2 Å². The van der Waals surface area contributed by atoms with Gasteiger partial charge < -0.3 is 25.6 Å². The van der Waals surface area contributed by atoms with Gasteiger partial charge in [-0.05, 0) is 31.5 Å². The van der Waals surface area contributed by atoms with Gasteiger partial charge in [-0.3, -0.25) is 0 Å². The van der Waals surface area contributed by atoms with E-state index in [1.807, 2.05) is 0 Å². The average molecular weight is 305 g/mol. The quantitative estimate of drug-likeness (QED) is 0.722. The molecule has 118 valence electrons. The molecule has 0 amide bonds. The van der Waals surface area contributed by atoms with Gasteiger partial charge in [0.1, 0.15) is 6.04 Å². The Morgan fingerprint density at radius 3 is 2.86 bits per heavy atom. The maximum absolute atomic E-state index is 12.2. The number of ether oxygens (including phenoxy) is 2. The van der Waals surface area contributed by atoms with Crippen molar-refractivity contribution in [2.24, 2.45) is 10.7 Å². The van der Waals surface area contributed by atoms with Crippen LogP contribution in [0.3, 0.4) is 0 Å². The smallest absolute Gasteiger partial charge is 0.338 e. The molecule has 0 spiro atoms. The molecule has 22 heavy (non-hydrogen) atoms. The molecule has 0 aliphatic carbocycles. The van der Waals surface area contributed by atoms with Crippen molar-refractivity contribution in [2.75, 3.05) is 13.7 Å². The minimum atomic E-state index is -0.616. The summed E-state index contributed by atoms with van der Waals surface area (Å²) in [6.45, 7) is 3.74. The normalized spacial score (nSPS) is 17.6. The molecule has 1 aliphatic rings. The Labute approximate surface area is 128 Å². The van der Waals surface area contributed by atoms with Crippen LogP contribution >= 0.6 is 0 Å². The highest BCUT2D eigenvalue weighted by Gasteiger charge is 2.30. The second kappa shape index (κ2) is 6.38. The Morgan fingerprint density at radius 2 is 2.23 bits per heavy atom. The van der Waals surface area contributed by atoms with Gasteiger partial charge in [0, 0.05) is 5.70 Å². The number of carbonyl (C=O) groups is 1. The molecular formula is C15H19N3O4. The van der Waals surface area contributed by atoms with Gasteiger partial charge in [0.25, 0.3) is 0 Å². The van der Waals surface area contributed by atoms with Crippen molar-refractivity contribution < 1.29 is 19.4 Å². The predicted octanol–water partition coefficient (Wildman–Crippen LogP) is 1.20. The maximum Gasteiger partial charge on any atom is 0.338 e. The summed E-state index contributed by atoms with van der Waals surface area (Å²) < 4.78 is 10.2. The topological polar surface area (TPSA) is 106 Å². The predicted molar refractivity (Wildman–Crippen MR) is 81.5 cm³/mol. The summed E-state index contributed by atoms with van der Waals surface area (Å²) in [5.74, 6) is 0.0598. The second-order valence-corrected chi connectivity index (χ2v) is 4.73. The summed E-state index contributed by atoms with van der Waals surface area (Å²) in [7, 11) is 1.45. The van der Waals surface area contributed by atoms with E-state index in [-0.39, 0.29) is 18.3 Å². The lowest BCUT2D eigenvalue weighted by Gasteiger charge is -2.24. The zero-order chi connectivity index (χ0) is 16.3. The molecule has 0 aromatic heterocycles. The number of esters is 1. The second-order valence-electron chi connectivity index (χ2n) is 4.73. The van der Waals surface area contributed by atoms with Crippen molar-refractivity contribution in [1.82, 2.24) is 5.32 Å². The number of nitrogens with zero attached hydrogens (tertiary/aromatic N) is 1. The van der Waals surface area contributed by atoms with Crippen LogP contribution in [0.25, 0.3) is 0 Å². The number of guanidine groups is 1. The fourth-order valence-electron chi connectivity index (χ4n) is 2.28. The number of hydrogen-bond donors (Lipinski definition) is 3. The number of methoxy groups -OCH3 is 1. The number of carbonyl (C=O) groups excluding carboxylic acids is 1. The fraction of sp³-hybridized carbons (Fsp3) is 0.333. The van der Waals surface area contributed by atoms with Gasteiger partial charge in [-0.15, -0.1) is 0 Å². The van der Waals surface area contributed by atoms with E-state index in [1.54, 1.807) is 26.0 Å². The number of allylic oxidation sites excluding steroid dienone is 1. The number of benzene rings is 1. The number of nitrogens with one attached hydrogen (secondary N) is 1. The number of aliphatic imine (C=N–C) groups is 1. The van der Waals surface area contributed by atoms with Crippen LogP contribution in [0.2, 0.25) is 0 Å². The van der Waals surface area contributed by atoms with Gasteiger partial charge in [-0.2, -0.15) is 0 Å². The average Bonchev–Trinajstić information content (AvgIpc) is 2.47. The number of aromatic hydroxyl groups is 1. The molecular weight excluding hydrogens is 286 g/mol. The lowest BCUT2D eigenvalue weighted by atomic mass is 9.96. The zero-order valence-corrected chi connectivity index (χ0v) is 12.7. The van der Waals surface area contributed by atoms with Crippen LogP contribution in [0, 0.1) is 0 Å². The van der Waals surface area contributed by atoms with E-state index in [0.717, 1.165) is 0 Å². The summed E-state index contributed by atoms with van der Waals surface area (Å²) in [5.41, 5.74) is 7.39. The molecule has 0 fully saturated rings. The van der Waals surface area contributed by atoms with Gasteiger partial charge in [0.2, 0.25) is 0 Å². The van der Waals surface area contributed by atoms with Gasteiger partial charge in [0.15, 0.2) is 17.5 Å². The number of nitrogens with two attached hydrogens (primary N) is 1. The third-order valence-corrected chi connectivity index (χ3v) is 3.28. The highest BCUT2D eigenvalue weighted by Crippen LogP contribution is 2.35. The van der Waals surface area contributed by atoms with E-state index in [4.69, 9.17) is 15.2 Å². The summed E-state index contributed by atoms with van der Waals surface area (Å²) in [5, 5.41) is 12.5. The van der Waals surface area contributed by atoms with Gasteiger partial charge in [0.05, 0.1) is 19.3 Å². The molecule has 1 aromatic rings. The van der Waals surface area contributed by atoms with Gasteiger partial charge in [-0.1, -0.05) is 6.07 Å². The first-order chi connectivity index (χ1) is 10.5. The zero-order valence-electron chi connectivity index (χ0n) is 12.7. The monoisotopic (exact) mass is 305 g/mol. The molecule has 7 heteroatoms. The van der Waals surface area contributed by atoms with Crippen molar-refractivity contribution in [3.63, 3.8) is 0 Å². The van der Waals surface area contributed by atoms with E-state index < -0.39 is 12.0 Å². The van der Waals surface area contributed by atoms with Crippen molar-refractivity contribution >= 4 is 11.9 Å². The number of phenolic OH excluding ortho intramolecular Hbond substituents is 1. The molecule has 2 rings (SSSR count). The van der Waals surface area contributed by atoms with E-state index in [2.05, 4.69) is 10.3 Å². The SMILES string of the molecule is CCOC(=O)C1=C(C)NC(N)=NC1c1ccc(O)c(OC)c1. The molecule has 1 aliphatic heterocycles. The molecule has 0 radical (unpaired) electrons. The highest BCUT2D eigenvalue weighted by atomic mass is 16.5. The van der Waals surface area contributed by atoms with Crippen molar-refractivity contribution in [3.8, 4) is 11.5 Å². The van der Waals surface area contributed by atoms with Crippen LogP contribution in [0.1, 0.15) is 25.5 Å². The first-order valence-corrected chi connectivity index (χ1v) is 6.83. The Morgan fingerprint density at radius 1 is 1.50 bits per heavy atom. The van der Waals surface area contributed by atoms with Gasteiger partial charge in [-0.25, -0.2) is 9.79 Å². The van der Waals surface area contributed by atoms with E-state index in [0.29, 0.717) is 22.6 Å². The Balaban J connectivity index is 2.49. The standard InChI is InChI=1S/C15H19N3O4/c1-4-22-14(20)12-8(2)17-15(16)18-13(12)9-5-6-10(19)11(7-9)21-3/h5-7,13,19H,4H2,1-3H3,(H3,16,17,18). The van der Waals surface area contributed by atoms with Crippen LogP contribution < -0.4 is 15.8 Å². The number of hydrogen-bond acceptors (Lipinski definition) is 7. The third-order valence-electron chi connectivity index (χ3n) is 3.28. The maximum atomic E-state index is 12.2. The van der Waals surface area contributed by atoms with Crippen LogP contribution in [0.5, 0.6) is 11.5 Å². The van der Waals surface area contributed by atoms with Crippen LogP contribution in [-0.2, 0) is 9.53 Å². The van der Waals surface area contributed by atoms with Crippen molar-refractivity contribution in [1.29, 1.82) is 0 Å². The van der Waals surface area contributed by atoms with Crippen LogP contribution in [0.15, 0.2) is 34.5 Å². The molecule has 1 heterocycles. The van der Waals surface area contributed by atoms with E-state index in [9.17, 15) is 9.90 Å². The lowest BCUT2D eigenvalue weighted by Crippen LogP contribution is -2.37. The summed E-state index contributed by atoms with van der Waals surface area (Å²) in [4.78, 5) is 16.5. The number of rotatable bonds is 4. The molecule has 0 bridgehead atoms. The summed E-state index contributed by atoms with van der Waals surface area (Å²) in [6, 6.07) is 4.15. The Hall–Kier alpha value is -2.70. The van der Waals surface area contributed by atoms with Crippen LogP contribution in [0.4, 0.5) is 0 Å². The highest BCUT2D eigenvalue weighted by molar-refractivity contribution is 5.95. The summed E-state index contributed by atoms with van der Waals surface area (Å²) >= 11 is 0. The summed E-state index contributed by atoms with van der Waals surface area (Å²) in [6.07, 6.45) is 0. The Kier molecular flexibility index (Phi) is 4.55. The van der Waals surface area contributed by atoms with Crippen molar-refractivity contribution in [2.45, 2.75) is 19.9 Å². The molecule has 7 nitrogen and oxygen atoms in total. The number of phenols is 1. The molecule has 0 saturated heterocycles. The molecule has 1 aromatic carbocycles. The molecule has 4 N–H and O–H groups in total. The van der Waals surface area contributed by atoms with Gasteiger partial charge >= 0.3 is 5.97 Å². The van der Waals surface area contributed by atoms with Crippen molar-refractivity contribution in [3.05, 3.63) is 35.0 Å². The first kappa shape index (κ1) is 15.7. The minimum Gasteiger partial charge on any atom is -0.504 e. The Bertz CT molecular complexity index is 652.